The SMILES string of the molecule is O=C(CSCc1coc(-c2ccc(C(F)(F)F)cc2)n1)NCC1CCS(=O)(=O)C1. The summed E-state index contributed by atoms with van der Waals surface area (Å²) in [7, 11) is -2.96. The molecule has 2 heterocycles. The van der Waals surface area contributed by atoms with Crippen molar-refractivity contribution in [2.45, 2.75) is 18.3 Å². The van der Waals surface area contributed by atoms with Crippen molar-refractivity contribution < 1.29 is 30.8 Å². The Hall–Kier alpha value is -2.01. The fraction of sp³-hybridized carbons (Fsp3) is 0.444. The predicted octanol–water partition coefficient (Wildman–Crippen LogP) is 3.14. The highest BCUT2D eigenvalue weighted by Crippen LogP contribution is 2.31. The van der Waals surface area contributed by atoms with E-state index in [4.69, 9.17) is 4.42 Å². The first kappa shape index (κ1) is 21.7. The van der Waals surface area contributed by atoms with Crippen molar-refractivity contribution in [3.8, 4) is 11.5 Å². The van der Waals surface area contributed by atoms with E-state index in [9.17, 15) is 26.4 Å². The summed E-state index contributed by atoms with van der Waals surface area (Å²) < 4.78 is 65.9. The lowest BCUT2D eigenvalue weighted by Gasteiger charge is -2.09. The number of nitrogens with one attached hydrogen (secondary N) is 1. The summed E-state index contributed by atoms with van der Waals surface area (Å²) in [5.41, 5.74) is 0.253. The minimum Gasteiger partial charge on any atom is -0.444 e. The van der Waals surface area contributed by atoms with Crippen LogP contribution in [0.3, 0.4) is 0 Å². The van der Waals surface area contributed by atoms with Gasteiger partial charge in [-0.2, -0.15) is 13.2 Å². The second kappa shape index (κ2) is 8.78. The van der Waals surface area contributed by atoms with E-state index in [1.807, 2.05) is 0 Å². The highest BCUT2D eigenvalue weighted by Gasteiger charge is 2.30. The van der Waals surface area contributed by atoms with Crippen molar-refractivity contribution in [1.29, 1.82) is 0 Å². The Morgan fingerprint density at radius 2 is 2.00 bits per heavy atom. The Balaban J connectivity index is 1.43. The summed E-state index contributed by atoms with van der Waals surface area (Å²) in [4.78, 5) is 16.1. The minimum absolute atomic E-state index is 0.0317. The van der Waals surface area contributed by atoms with Crippen LogP contribution in [0.15, 0.2) is 34.9 Å². The number of carbonyl (C=O) groups is 1. The van der Waals surface area contributed by atoms with Crippen LogP contribution in [0.5, 0.6) is 0 Å². The number of benzene rings is 1. The summed E-state index contributed by atoms with van der Waals surface area (Å²) >= 11 is 1.31. The van der Waals surface area contributed by atoms with Gasteiger partial charge in [0.25, 0.3) is 0 Å². The van der Waals surface area contributed by atoms with Crippen LogP contribution in [-0.4, -0.2) is 43.1 Å². The maximum absolute atomic E-state index is 12.6. The summed E-state index contributed by atoms with van der Waals surface area (Å²) in [5.74, 6) is 0.863. The quantitative estimate of drug-likeness (QED) is 0.700. The van der Waals surface area contributed by atoms with Crippen molar-refractivity contribution >= 4 is 27.5 Å². The first-order chi connectivity index (χ1) is 13.6. The van der Waals surface area contributed by atoms with Crippen molar-refractivity contribution in [3.63, 3.8) is 0 Å². The molecule has 11 heteroatoms. The maximum Gasteiger partial charge on any atom is 0.416 e. The standard InChI is InChI=1S/C18H19F3N2O4S2/c19-18(20,21)14-3-1-13(2-4-14)17-23-15(8-27-17)9-28-10-16(24)22-7-12-5-6-29(25,26)11-12/h1-4,8,12H,5-7,9-11H2,(H,22,24). The molecule has 1 aliphatic heterocycles. The largest absolute Gasteiger partial charge is 0.444 e. The van der Waals surface area contributed by atoms with E-state index in [1.165, 1.54) is 30.2 Å². The molecule has 1 atom stereocenters. The summed E-state index contributed by atoms with van der Waals surface area (Å²) in [6.45, 7) is 0.348. The smallest absolute Gasteiger partial charge is 0.416 e. The molecule has 1 aromatic heterocycles. The Labute approximate surface area is 170 Å². The number of halogens is 3. The molecule has 2 aromatic rings. The summed E-state index contributed by atoms with van der Waals surface area (Å²) in [5, 5.41) is 2.74. The summed E-state index contributed by atoms with van der Waals surface area (Å²) in [6, 6.07) is 4.52. The zero-order valence-electron chi connectivity index (χ0n) is 15.2. The van der Waals surface area contributed by atoms with Crippen LogP contribution in [0.4, 0.5) is 13.2 Å². The number of thioether (sulfide) groups is 1. The van der Waals surface area contributed by atoms with E-state index < -0.39 is 21.6 Å². The predicted molar refractivity (Wildman–Crippen MR) is 103 cm³/mol. The molecule has 1 saturated heterocycles. The van der Waals surface area contributed by atoms with Crippen molar-refractivity contribution in [1.82, 2.24) is 10.3 Å². The van der Waals surface area contributed by atoms with Crippen LogP contribution in [0.2, 0.25) is 0 Å². The van der Waals surface area contributed by atoms with Gasteiger partial charge in [-0.3, -0.25) is 4.79 Å². The van der Waals surface area contributed by atoms with Crippen LogP contribution in [0, 0.1) is 5.92 Å². The Bertz CT molecular complexity index is 956. The molecule has 3 rings (SSSR count). The van der Waals surface area contributed by atoms with Crippen LogP contribution >= 0.6 is 11.8 Å². The van der Waals surface area contributed by atoms with Gasteiger partial charge in [0, 0.05) is 17.9 Å². The second-order valence-electron chi connectivity index (χ2n) is 6.79. The van der Waals surface area contributed by atoms with Crippen molar-refractivity contribution in [2.75, 3.05) is 23.8 Å². The van der Waals surface area contributed by atoms with Crippen molar-refractivity contribution in [3.05, 3.63) is 41.8 Å². The molecule has 158 valence electrons. The van der Waals surface area contributed by atoms with E-state index in [2.05, 4.69) is 10.3 Å². The average Bonchev–Trinajstić information content (AvgIpc) is 3.25. The number of hydrogen-bond acceptors (Lipinski definition) is 6. The van der Waals surface area contributed by atoms with Gasteiger partial charge < -0.3 is 9.73 Å². The molecular formula is C18H19F3N2O4S2. The lowest BCUT2D eigenvalue weighted by molar-refractivity contribution is -0.137. The number of carbonyl (C=O) groups excluding carboxylic acids is 1. The number of oxazole rings is 1. The van der Waals surface area contributed by atoms with Gasteiger partial charge in [-0.25, -0.2) is 13.4 Å². The molecule has 1 aromatic carbocycles. The van der Waals surface area contributed by atoms with Crippen LogP contribution in [0.25, 0.3) is 11.5 Å². The van der Waals surface area contributed by atoms with Crippen LogP contribution in [0.1, 0.15) is 17.7 Å². The van der Waals surface area contributed by atoms with E-state index in [0.29, 0.717) is 30.0 Å². The average molecular weight is 448 g/mol. The maximum atomic E-state index is 12.6. The van der Waals surface area contributed by atoms with Gasteiger partial charge in [0.15, 0.2) is 9.84 Å². The Morgan fingerprint density at radius 3 is 2.62 bits per heavy atom. The molecule has 0 saturated carbocycles. The molecule has 29 heavy (non-hydrogen) atoms. The van der Waals surface area contributed by atoms with Crippen LogP contribution < -0.4 is 5.32 Å². The number of rotatable bonds is 7. The van der Waals surface area contributed by atoms with Gasteiger partial charge in [-0.1, -0.05) is 0 Å². The molecular weight excluding hydrogens is 429 g/mol. The second-order valence-corrected chi connectivity index (χ2v) is 10.00. The molecule has 0 spiro atoms. The third-order valence-electron chi connectivity index (χ3n) is 4.41. The number of hydrogen-bond donors (Lipinski definition) is 1. The molecule has 1 aliphatic rings. The minimum atomic E-state index is -4.40. The number of sulfone groups is 1. The van der Waals surface area contributed by atoms with Gasteiger partial charge in [-0.15, -0.1) is 11.8 Å². The fourth-order valence-corrected chi connectivity index (χ4v) is 5.49. The Morgan fingerprint density at radius 1 is 1.28 bits per heavy atom. The third-order valence-corrected chi connectivity index (χ3v) is 7.21. The monoisotopic (exact) mass is 448 g/mol. The van der Waals surface area contributed by atoms with E-state index in [1.54, 1.807) is 0 Å². The van der Waals surface area contributed by atoms with E-state index >= 15 is 0 Å². The lowest BCUT2D eigenvalue weighted by atomic mass is 10.1. The van der Waals surface area contributed by atoms with E-state index in [0.717, 1.165) is 12.1 Å². The number of aromatic nitrogens is 1. The summed E-state index contributed by atoms with van der Waals surface area (Å²) in [6.07, 6.45) is -2.42. The van der Waals surface area contributed by atoms with Crippen molar-refractivity contribution in [2.24, 2.45) is 5.92 Å². The highest BCUT2D eigenvalue weighted by atomic mass is 32.2. The zero-order valence-corrected chi connectivity index (χ0v) is 16.9. The molecule has 1 amide bonds. The van der Waals surface area contributed by atoms with Gasteiger partial charge in [0.05, 0.1) is 28.5 Å². The molecule has 1 unspecified atom stereocenters. The van der Waals surface area contributed by atoms with Gasteiger partial charge >= 0.3 is 6.18 Å². The first-order valence-electron chi connectivity index (χ1n) is 8.79. The van der Waals surface area contributed by atoms with Crippen LogP contribution in [-0.2, 0) is 26.6 Å². The molecule has 0 bridgehead atoms. The van der Waals surface area contributed by atoms with E-state index in [-0.39, 0.29) is 35.0 Å². The first-order valence-corrected chi connectivity index (χ1v) is 11.8. The number of amides is 1. The third kappa shape index (κ3) is 6.23. The van der Waals surface area contributed by atoms with Gasteiger partial charge in [0.1, 0.15) is 6.26 Å². The molecule has 1 fully saturated rings. The normalized spacial score (nSPS) is 18.7. The lowest BCUT2D eigenvalue weighted by Crippen LogP contribution is -2.31. The van der Waals surface area contributed by atoms with Gasteiger partial charge in [0.2, 0.25) is 11.8 Å². The zero-order chi connectivity index (χ0) is 21.1. The topological polar surface area (TPSA) is 89.3 Å². The molecule has 1 N–H and O–H groups in total. The fourth-order valence-electron chi connectivity index (χ4n) is 2.90. The number of nitrogens with zero attached hydrogens (tertiary/aromatic N) is 1. The molecule has 0 aliphatic carbocycles. The van der Waals surface area contributed by atoms with Gasteiger partial charge in [-0.05, 0) is 36.6 Å². The highest BCUT2D eigenvalue weighted by molar-refractivity contribution is 7.99. The molecule has 0 radical (unpaired) electrons. The Kier molecular flexibility index (Phi) is 6.57. The molecule has 6 nitrogen and oxygen atoms in total. The number of alkyl halides is 3.